The largest absolute Gasteiger partial charge is 0.443 e. The molecule has 7 heteroatoms. The molecule has 1 aromatic carbocycles. The van der Waals surface area contributed by atoms with Gasteiger partial charge in [0.1, 0.15) is 17.2 Å². The summed E-state index contributed by atoms with van der Waals surface area (Å²) in [4.78, 5) is 31.5. The summed E-state index contributed by atoms with van der Waals surface area (Å²) in [6.07, 6.45) is 2.60. The number of benzene rings is 1. The van der Waals surface area contributed by atoms with Crippen molar-refractivity contribution in [2.75, 3.05) is 18.1 Å². The number of hydrogen-bond acceptors (Lipinski definition) is 5. The predicted molar refractivity (Wildman–Crippen MR) is 111 cm³/mol. The Hall–Kier alpha value is -2.80. The lowest BCUT2D eigenvalue weighted by Crippen LogP contribution is -2.46. The molecule has 0 spiro atoms. The van der Waals surface area contributed by atoms with Gasteiger partial charge >= 0.3 is 6.09 Å². The quantitative estimate of drug-likeness (QED) is 0.671. The summed E-state index contributed by atoms with van der Waals surface area (Å²) < 4.78 is 24.2. The fraction of sp³-hybridized carbons (Fsp3) is 0.435. The van der Waals surface area contributed by atoms with Gasteiger partial charge in [-0.3, -0.25) is 9.69 Å². The Labute approximate surface area is 176 Å². The summed E-state index contributed by atoms with van der Waals surface area (Å²) in [6, 6.07) is 8.84. The number of halogens is 1. The molecule has 0 bridgehead atoms. The molecule has 1 amide bonds. The second-order valence-corrected chi connectivity index (χ2v) is 8.32. The SMILES string of the molecule is CC(C)(C)OC(=O)N(c1cc(CC(=O)c2ccc(F)cc2)ccn1)C1CCOCC1. The molecule has 0 unspecified atom stereocenters. The fourth-order valence-corrected chi connectivity index (χ4v) is 3.31. The maximum atomic E-state index is 13.1. The second-order valence-electron chi connectivity index (χ2n) is 8.32. The van der Waals surface area contributed by atoms with Gasteiger partial charge in [0, 0.05) is 37.4 Å². The maximum Gasteiger partial charge on any atom is 0.416 e. The molecule has 0 aliphatic carbocycles. The number of nitrogens with zero attached hydrogens (tertiary/aromatic N) is 2. The van der Waals surface area contributed by atoms with E-state index in [-0.39, 0.29) is 24.1 Å². The number of carbonyl (C=O) groups is 2. The summed E-state index contributed by atoms with van der Waals surface area (Å²) >= 11 is 0. The van der Waals surface area contributed by atoms with Gasteiger partial charge in [0.2, 0.25) is 0 Å². The number of Topliss-reactive ketones (excluding diaryl/α,β-unsaturated/α-hetero) is 1. The molecule has 0 radical (unpaired) electrons. The number of ketones is 1. The molecule has 2 aromatic rings. The summed E-state index contributed by atoms with van der Waals surface area (Å²) in [7, 11) is 0. The molecular weight excluding hydrogens is 387 g/mol. The molecule has 6 nitrogen and oxygen atoms in total. The van der Waals surface area contributed by atoms with Gasteiger partial charge in [0.05, 0.1) is 0 Å². The van der Waals surface area contributed by atoms with E-state index in [9.17, 15) is 14.0 Å². The zero-order valence-electron chi connectivity index (χ0n) is 17.6. The Morgan fingerprint density at radius 1 is 1.17 bits per heavy atom. The third-order valence-corrected chi connectivity index (χ3v) is 4.73. The molecule has 1 fully saturated rings. The number of rotatable bonds is 5. The normalized spacial score (nSPS) is 14.9. The highest BCUT2D eigenvalue weighted by Crippen LogP contribution is 2.25. The second kappa shape index (κ2) is 9.34. The van der Waals surface area contributed by atoms with Crippen molar-refractivity contribution in [2.45, 2.75) is 51.7 Å². The lowest BCUT2D eigenvalue weighted by molar-refractivity contribution is 0.0485. The molecule has 1 aliphatic rings. The first kappa shape index (κ1) is 21.9. The zero-order valence-corrected chi connectivity index (χ0v) is 17.6. The van der Waals surface area contributed by atoms with Crippen LogP contribution >= 0.6 is 0 Å². The Bertz CT molecular complexity index is 887. The number of anilines is 1. The molecule has 0 saturated carbocycles. The first-order valence-corrected chi connectivity index (χ1v) is 10.1. The van der Waals surface area contributed by atoms with Gasteiger partial charge in [-0.1, -0.05) is 0 Å². The third-order valence-electron chi connectivity index (χ3n) is 4.73. The molecule has 1 aliphatic heterocycles. The first-order chi connectivity index (χ1) is 14.2. The number of hydrogen-bond donors (Lipinski definition) is 0. The molecule has 1 aromatic heterocycles. The lowest BCUT2D eigenvalue weighted by atomic mass is 10.0. The minimum atomic E-state index is -0.642. The summed E-state index contributed by atoms with van der Waals surface area (Å²) in [5.41, 5.74) is 0.509. The van der Waals surface area contributed by atoms with Crippen molar-refractivity contribution in [3.05, 3.63) is 59.5 Å². The Morgan fingerprint density at radius 3 is 2.47 bits per heavy atom. The highest BCUT2D eigenvalue weighted by molar-refractivity contribution is 5.97. The average Bonchev–Trinajstić information content (AvgIpc) is 2.68. The summed E-state index contributed by atoms with van der Waals surface area (Å²) in [5.74, 6) is -0.0789. The van der Waals surface area contributed by atoms with E-state index in [0.717, 1.165) is 5.56 Å². The molecule has 1 saturated heterocycles. The zero-order chi connectivity index (χ0) is 21.7. The molecule has 0 atom stereocenters. The number of ether oxygens (including phenoxy) is 2. The van der Waals surface area contributed by atoms with E-state index in [1.807, 2.05) is 20.8 Å². The lowest BCUT2D eigenvalue weighted by Gasteiger charge is -2.34. The predicted octanol–water partition coefficient (Wildman–Crippen LogP) is 4.57. The van der Waals surface area contributed by atoms with Crippen LogP contribution in [0.4, 0.5) is 15.0 Å². The molecule has 2 heterocycles. The van der Waals surface area contributed by atoms with Crippen molar-refractivity contribution in [1.82, 2.24) is 4.98 Å². The van der Waals surface area contributed by atoms with E-state index in [4.69, 9.17) is 9.47 Å². The van der Waals surface area contributed by atoms with Gasteiger partial charge in [-0.2, -0.15) is 0 Å². The van der Waals surface area contributed by atoms with Crippen molar-refractivity contribution in [3.8, 4) is 0 Å². The van der Waals surface area contributed by atoms with E-state index in [1.165, 1.54) is 24.3 Å². The number of aromatic nitrogens is 1. The Morgan fingerprint density at radius 2 is 1.83 bits per heavy atom. The summed E-state index contributed by atoms with van der Waals surface area (Å²) in [5, 5.41) is 0. The Balaban J connectivity index is 1.84. The monoisotopic (exact) mass is 414 g/mol. The molecule has 0 N–H and O–H groups in total. The molecular formula is C23H27FN2O4. The first-order valence-electron chi connectivity index (χ1n) is 10.1. The van der Waals surface area contributed by atoms with E-state index in [2.05, 4.69) is 4.98 Å². The number of pyridine rings is 1. The van der Waals surface area contributed by atoms with Crippen molar-refractivity contribution in [2.24, 2.45) is 0 Å². The van der Waals surface area contributed by atoms with E-state index in [1.54, 1.807) is 23.2 Å². The summed E-state index contributed by atoms with van der Waals surface area (Å²) in [6.45, 7) is 6.58. The van der Waals surface area contributed by atoms with Crippen LogP contribution in [0, 0.1) is 5.82 Å². The standard InChI is InChI=1S/C23H27FN2O4/c1-23(2,3)30-22(28)26(19-9-12-29-13-10-19)21-15-16(8-11-25-21)14-20(27)17-4-6-18(24)7-5-17/h4-8,11,15,19H,9-10,12-14H2,1-3H3. The molecule has 30 heavy (non-hydrogen) atoms. The van der Waals surface area contributed by atoms with Crippen LogP contribution in [0.15, 0.2) is 42.6 Å². The van der Waals surface area contributed by atoms with Gasteiger partial charge in [-0.15, -0.1) is 0 Å². The van der Waals surface area contributed by atoms with Crippen LogP contribution in [0.1, 0.15) is 49.5 Å². The van der Waals surface area contributed by atoms with Crippen LogP contribution in [-0.4, -0.2) is 41.7 Å². The van der Waals surface area contributed by atoms with Crippen molar-refractivity contribution >= 4 is 17.7 Å². The maximum absolute atomic E-state index is 13.1. The van der Waals surface area contributed by atoms with Gasteiger partial charge in [-0.05, 0) is 75.6 Å². The van der Waals surface area contributed by atoms with Gasteiger partial charge in [-0.25, -0.2) is 14.2 Å². The van der Waals surface area contributed by atoms with Crippen LogP contribution in [-0.2, 0) is 15.9 Å². The smallest absolute Gasteiger partial charge is 0.416 e. The fourth-order valence-electron chi connectivity index (χ4n) is 3.31. The third kappa shape index (κ3) is 5.86. The van der Waals surface area contributed by atoms with Crippen LogP contribution in [0.25, 0.3) is 0 Å². The van der Waals surface area contributed by atoms with Crippen LogP contribution in [0.3, 0.4) is 0 Å². The highest BCUT2D eigenvalue weighted by Gasteiger charge is 2.32. The van der Waals surface area contributed by atoms with Crippen molar-refractivity contribution in [1.29, 1.82) is 0 Å². The van der Waals surface area contributed by atoms with E-state index in [0.29, 0.717) is 37.4 Å². The van der Waals surface area contributed by atoms with Crippen molar-refractivity contribution < 1.29 is 23.5 Å². The van der Waals surface area contributed by atoms with E-state index < -0.39 is 11.7 Å². The number of carbonyl (C=O) groups excluding carboxylic acids is 2. The highest BCUT2D eigenvalue weighted by atomic mass is 19.1. The minimum absolute atomic E-state index is 0.0934. The van der Waals surface area contributed by atoms with Gasteiger partial charge < -0.3 is 9.47 Å². The van der Waals surface area contributed by atoms with Crippen LogP contribution < -0.4 is 4.90 Å². The molecule has 3 rings (SSSR count). The van der Waals surface area contributed by atoms with Crippen molar-refractivity contribution in [3.63, 3.8) is 0 Å². The Kier molecular flexibility index (Phi) is 6.82. The van der Waals surface area contributed by atoms with Gasteiger partial charge in [0.25, 0.3) is 0 Å². The molecule has 160 valence electrons. The minimum Gasteiger partial charge on any atom is -0.443 e. The van der Waals surface area contributed by atoms with Crippen LogP contribution in [0.2, 0.25) is 0 Å². The van der Waals surface area contributed by atoms with Crippen LogP contribution in [0.5, 0.6) is 0 Å². The topological polar surface area (TPSA) is 68.7 Å². The van der Waals surface area contributed by atoms with Gasteiger partial charge in [0.15, 0.2) is 5.78 Å². The number of amides is 1. The van der Waals surface area contributed by atoms with E-state index >= 15 is 0 Å². The average molecular weight is 414 g/mol.